The smallest absolute Gasteiger partial charge is 0.315 e. The molecule has 0 spiro atoms. The van der Waals surface area contributed by atoms with Crippen molar-refractivity contribution >= 4 is 17.6 Å². The lowest BCUT2D eigenvalue weighted by atomic mass is 9.96. The third-order valence-corrected chi connectivity index (χ3v) is 7.12. The standard InChI is InChI=1S/C25H34N6O4/c1-17-23(31(34)35)18(2)30(28-17)16-19-8-10-20(11-9-19)24(32)29-14-12-22(13-15-29)27-25(33)26-21-6-4-3-5-7-21/h8-11,21-22H,3-7,12-16H2,1-2H3,(H2,26,27,33). The van der Waals surface area contributed by atoms with Gasteiger partial charge >= 0.3 is 11.7 Å². The van der Waals surface area contributed by atoms with Crippen LogP contribution in [0.4, 0.5) is 10.5 Å². The number of likely N-dealkylation sites (tertiary alicyclic amines) is 1. The third kappa shape index (κ3) is 5.98. The fourth-order valence-corrected chi connectivity index (χ4v) is 5.10. The van der Waals surface area contributed by atoms with Crippen LogP contribution in [0.5, 0.6) is 0 Å². The van der Waals surface area contributed by atoms with Crippen LogP contribution in [0.15, 0.2) is 24.3 Å². The van der Waals surface area contributed by atoms with Gasteiger partial charge in [-0.3, -0.25) is 19.6 Å². The summed E-state index contributed by atoms with van der Waals surface area (Å²) < 4.78 is 1.62. The molecule has 2 aromatic rings. The number of amides is 3. The molecular weight excluding hydrogens is 448 g/mol. The van der Waals surface area contributed by atoms with Gasteiger partial charge in [-0.2, -0.15) is 5.10 Å². The Labute approximate surface area is 205 Å². The van der Waals surface area contributed by atoms with Crippen molar-refractivity contribution in [1.82, 2.24) is 25.3 Å². The van der Waals surface area contributed by atoms with E-state index in [1.54, 1.807) is 30.7 Å². The molecule has 1 saturated heterocycles. The Bertz CT molecular complexity index is 1070. The minimum atomic E-state index is -0.405. The number of carbonyl (C=O) groups is 2. The largest absolute Gasteiger partial charge is 0.338 e. The number of rotatable bonds is 6. The molecule has 4 rings (SSSR count). The predicted molar refractivity (Wildman–Crippen MR) is 131 cm³/mol. The number of hydrogen-bond donors (Lipinski definition) is 2. The second-order valence-corrected chi connectivity index (χ2v) is 9.65. The molecular formula is C25H34N6O4. The number of nitro groups is 1. The molecule has 10 nitrogen and oxygen atoms in total. The van der Waals surface area contributed by atoms with Gasteiger partial charge in [0.05, 0.1) is 11.5 Å². The maximum atomic E-state index is 13.0. The van der Waals surface area contributed by atoms with Crippen LogP contribution < -0.4 is 10.6 Å². The lowest BCUT2D eigenvalue weighted by Crippen LogP contribution is -2.51. The monoisotopic (exact) mass is 482 g/mol. The molecule has 35 heavy (non-hydrogen) atoms. The Morgan fingerprint density at radius 2 is 1.60 bits per heavy atom. The minimum Gasteiger partial charge on any atom is -0.338 e. The molecule has 1 aromatic carbocycles. The van der Waals surface area contributed by atoms with Crippen LogP contribution in [-0.2, 0) is 6.54 Å². The zero-order valence-electron chi connectivity index (χ0n) is 20.5. The summed E-state index contributed by atoms with van der Waals surface area (Å²) in [7, 11) is 0. The van der Waals surface area contributed by atoms with Crippen molar-refractivity contribution in [3.05, 3.63) is 56.9 Å². The molecule has 0 bridgehead atoms. The van der Waals surface area contributed by atoms with Gasteiger partial charge in [-0.05, 0) is 57.2 Å². The van der Waals surface area contributed by atoms with Crippen LogP contribution in [0.1, 0.15) is 72.3 Å². The molecule has 1 saturated carbocycles. The van der Waals surface area contributed by atoms with Crippen LogP contribution in [0.3, 0.4) is 0 Å². The van der Waals surface area contributed by atoms with Crippen LogP contribution in [0.2, 0.25) is 0 Å². The Morgan fingerprint density at radius 3 is 2.17 bits per heavy atom. The number of nitrogens with one attached hydrogen (secondary N) is 2. The van der Waals surface area contributed by atoms with Gasteiger partial charge in [-0.25, -0.2) is 4.79 Å². The number of benzene rings is 1. The maximum Gasteiger partial charge on any atom is 0.315 e. The third-order valence-electron chi connectivity index (χ3n) is 7.12. The SMILES string of the molecule is Cc1nn(Cc2ccc(C(=O)N3CCC(NC(=O)NC4CCCCC4)CC3)cc2)c(C)c1[N+](=O)[O-]. The van der Waals surface area contributed by atoms with Crippen LogP contribution in [-0.4, -0.2) is 56.7 Å². The van der Waals surface area contributed by atoms with Gasteiger partial charge in [0.15, 0.2) is 0 Å². The predicted octanol–water partition coefficient (Wildman–Crippen LogP) is 3.69. The highest BCUT2D eigenvalue weighted by Gasteiger charge is 2.26. The van der Waals surface area contributed by atoms with Crippen LogP contribution in [0.25, 0.3) is 0 Å². The first-order valence-electron chi connectivity index (χ1n) is 12.5. The molecule has 1 aliphatic carbocycles. The van der Waals surface area contributed by atoms with Crippen LogP contribution >= 0.6 is 0 Å². The molecule has 0 unspecified atom stereocenters. The fourth-order valence-electron chi connectivity index (χ4n) is 5.10. The molecule has 1 aromatic heterocycles. The van der Waals surface area contributed by atoms with Gasteiger partial charge in [0.25, 0.3) is 5.91 Å². The molecule has 2 fully saturated rings. The van der Waals surface area contributed by atoms with Crippen molar-refractivity contribution < 1.29 is 14.5 Å². The molecule has 3 amide bonds. The first-order valence-corrected chi connectivity index (χ1v) is 12.5. The lowest BCUT2D eigenvalue weighted by Gasteiger charge is -2.33. The van der Waals surface area contributed by atoms with Gasteiger partial charge in [0.2, 0.25) is 0 Å². The topological polar surface area (TPSA) is 122 Å². The molecule has 0 atom stereocenters. The Morgan fingerprint density at radius 1 is 1.00 bits per heavy atom. The Hall–Kier alpha value is -3.43. The van der Waals surface area contributed by atoms with E-state index in [1.165, 1.54) is 19.3 Å². The van der Waals surface area contributed by atoms with Crippen molar-refractivity contribution in [3.63, 3.8) is 0 Å². The number of nitrogens with zero attached hydrogens (tertiary/aromatic N) is 4. The Balaban J connectivity index is 1.27. The van der Waals surface area contributed by atoms with Crippen molar-refractivity contribution in [1.29, 1.82) is 0 Å². The highest BCUT2D eigenvalue weighted by molar-refractivity contribution is 5.94. The summed E-state index contributed by atoms with van der Waals surface area (Å²) in [4.78, 5) is 37.9. The van der Waals surface area contributed by atoms with Gasteiger partial charge in [-0.15, -0.1) is 0 Å². The molecule has 0 radical (unpaired) electrons. The van der Waals surface area contributed by atoms with Gasteiger partial charge in [0.1, 0.15) is 11.4 Å². The van der Waals surface area contributed by atoms with E-state index in [0.717, 1.165) is 31.2 Å². The van der Waals surface area contributed by atoms with E-state index < -0.39 is 4.92 Å². The number of aromatic nitrogens is 2. The van der Waals surface area contributed by atoms with E-state index in [4.69, 9.17) is 0 Å². The zero-order valence-corrected chi connectivity index (χ0v) is 20.5. The molecule has 188 valence electrons. The average molecular weight is 483 g/mol. The molecule has 1 aliphatic heterocycles. The number of aryl methyl sites for hydroxylation is 1. The van der Waals surface area contributed by atoms with Crippen molar-refractivity contribution in [2.24, 2.45) is 0 Å². The molecule has 2 N–H and O–H groups in total. The molecule has 2 heterocycles. The zero-order chi connectivity index (χ0) is 24.9. The number of carbonyl (C=O) groups excluding carboxylic acids is 2. The summed E-state index contributed by atoms with van der Waals surface area (Å²) in [6.07, 6.45) is 7.19. The van der Waals surface area contributed by atoms with E-state index >= 15 is 0 Å². The summed E-state index contributed by atoms with van der Waals surface area (Å²) in [6, 6.07) is 7.57. The summed E-state index contributed by atoms with van der Waals surface area (Å²) in [6.45, 7) is 4.92. The van der Waals surface area contributed by atoms with Crippen molar-refractivity contribution in [3.8, 4) is 0 Å². The quantitative estimate of drug-likeness (QED) is 0.480. The second kappa shape index (κ2) is 10.9. The molecule has 2 aliphatic rings. The normalized spacial score (nSPS) is 17.3. The van der Waals surface area contributed by atoms with Crippen LogP contribution in [0, 0.1) is 24.0 Å². The van der Waals surface area contributed by atoms with E-state index in [1.807, 2.05) is 17.0 Å². The average Bonchev–Trinajstić information content (AvgIpc) is 3.12. The Kier molecular flexibility index (Phi) is 7.67. The van der Waals surface area contributed by atoms with E-state index in [2.05, 4.69) is 15.7 Å². The first-order chi connectivity index (χ1) is 16.8. The molecule has 10 heteroatoms. The van der Waals surface area contributed by atoms with E-state index in [0.29, 0.717) is 36.6 Å². The minimum absolute atomic E-state index is 0.0246. The van der Waals surface area contributed by atoms with Crippen molar-refractivity contribution in [2.75, 3.05) is 13.1 Å². The van der Waals surface area contributed by atoms with Gasteiger partial charge < -0.3 is 15.5 Å². The van der Waals surface area contributed by atoms with Gasteiger partial charge in [-0.1, -0.05) is 31.4 Å². The first kappa shape index (κ1) is 24.7. The van der Waals surface area contributed by atoms with E-state index in [9.17, 15) is 19.7 Å². The summed E-state index contributed by atoms with van der Waals surface area (Å²) in [5.74, 6) is -0.0246. The second-order valence-electron chi connectivity index (χ2n) is 9.65. The van der Waals surface area contributed by atoms with Crippen molar-refractivity contribution in [2.45, 2.75) is 77.4 Å². The summed E-state index contributed by atoms with van der Waals surface area (Å²) >= 11 is 0. The maximum absolute atomic E-state index is 13.0. The number of hydrogen-bond acceptors (Lipinski definition) is 5. The van der Waals surface area contributed by atoms with E-state index in [-0.39, 0.29) is 29.7 Å². The number of piperidine rings is 1. The lowest BCUT2D eigenvalue weighted by molar-refractivity contribution is -0.386. The summed E-state index contributed by atoms with van der Waals surface area (Å²) in [5.41, 5.74) is 2.46. The van der Waals surface area contributed by atoms with Gasteiger partial charge in [0, 0.05) is 30.7 Å². The highest BCUT2D eigenvalue weighted by Crippen LogP contribution is 2.23. The summed E-state index contributed by atoms with van der Waals surface area (Å²) in [5, 5.41) is 21.7. The highest BCUT2D eigenvalue weighted by atomic mass is 16.6. The number of urea groups is 1. The fraction of sp³-hybridized carbons (Fsp3) is 0.560.